The van der Waals surface area contributed by atoms with E-state index in [0.29, 0.717) is 0 Å². The molecule has 94 valence electrons. The molecular formula is C11H20ClNO3. The normalized spacial score (nSPS) is 24.0. The zero-order valence-corrected chi connectivity index (χ0v) is 10.2. The lowest BCUT2D eigenvalue weighted by Crippen LogP contribution is -2.42. The van der Waals surface area contributed by atoms with Crippen LogP contribution >= 0.6 is 12.4 Å². The summed E-state index contributed by atoms with van der Waals surface area (Å²) in [5.41, 5.74) is 0. The Kier molecular flexibility index (Phi) is 5.35. The Labute approximate surface area is 102 Å². The molecule has 5 heteroatoms. The van der Waals surface area contributed by atoms with E-state index in [9.17, 15) is 4.79 Å². The first kappa shape index (κ1) is 13.6. The monoisotopic (exact) mass is 249 g/mol. The van der Waals surface area contributed by atoms with Crippen LogP contribution < -0.4 is 0 Å². The van der Waals surface area contributed by atoms with Crippen LogP contribution in [0.15, 0.2) is 0 Å². The minimum Gasteiger partial charge on any atom is -0.450 e. The standard InChI is InChI=1S/C11H19NO3.ClH/c13-11(14)15-10-5-7-12(8-6-10)9-3-1-2-4-9;/h9-10H,1-8H2,(H,13,14);1H. The number of rotatable bonds is 2. The van der Waals surface area contributed by atoms with E-state index in [2.05, 4.69) is 4.90 Å². The van der Waals surface area contributed by atoms with Crippen molar-refractivity contribution in [2.75, 3.05) is 13.1 Å². The third-order valence-corrected chi connectivity index (χ3v) is 3.59. The van der Waals surface area contributed by atoms with Crippen LogP contribution in [0.5, 0.6) is 0 Å². The summed E-state index contributed by atoms with van der Waals surface area (Å²) in [7, 11) is 0. The number of ether oxygens (including phenoxy) is 1. The maximum absolute atomic E-state index is 10.4. The van der Waals surface area contributed by atoms with Crippen LogP contribution in [0.2, 0.25) is 0 Å². The van der Waals surface area contributed by atoms with Crippen molar-refractivity contribution in [1.82, 2.24) is 4.90 Å². The summed E-state index contributed by atoms with van der Waals surface area (Å²) in [4.78, 5) is 12.9. The van der Waals surface area contributed by atoms with Crippen molar-refractivity contribution in [3.05, 3.63) is 0 Å². The van der Waals surface area contributed by atoms with Gasteiger partial charge in [-0.05, 0) is 25.7 Å². The Bertz CT molecular complexity index is 223. The van der Waals surface area contributed by atoms with Crippen molar-refractivity contribution in [2.45, 2.75) is 50.7 Å². The molecule has 0 aromatic rings. The van der Waals surface area contributed by atoms with Crippen molar-refractivity contribution >= 4 is 18.6 Å². The van der Waals surface area contributed by atoms with Gasteiger partial charge in [-0.25, -0.2) is 4.79 Å². The molecule has 0 unspecified atom stereocenters. The second kappa shape index (κ2) is 6.30. The predicted octanol–water partition coefficient (Wildman–Crippen LogP) is 2.51. The lowest BCUT2D eigenvalue weighted by Gasteiger charge is -2.35. The summed E-state index contributed by atoms with van der Waals surface area (Å²) in [5, 5.41) is 8.51. The van der Waals surface area contributed by atoms with E-state index >= 15 is 0 Å². The van der Waals surface area contributed by atoms with E-state index in [-0.39, 0.29) is 18.5 Å². The van der Waals surface area contributed by atoms with Crippen LogP contribution in [0.3, 0.4) is 0 Å². The minimum absolute atomic E-state index is 0. The zero-order valence-electron chi connectivity index (χ0n) is 9.43. The highest BCUT2D eigenvalue weighted by atomic mass is 35.5. The van der Waals surface area contributed by atoms with Gasteiger partial charge >= 0.3 is 6.16 Å². The van der Waals surface area contributed by atoms with E-state index in [1.807, 2.05) is 0 Å². The van der Waals surface area contributed by atoms with Gasteiger partial charge in [0.05, 0.1) is 0 Å². The van der Waals surface area contributed by atoms with Gasteiger partial charge in [0.25, 0.3) is 0 Å². The van der Waals surface area contributed by atoms with E-state index in [0.717, 1.165) is 32.0 Å². The molecule has 1 heterocycles. The quantitative estimate of drug-likeness (QED) is 0.764. The van der Waals surface area contributed by atoms with Crippen LogP contribution in [0, 0.1) is 0 Å². The molecule has 1 aliphatic heterocycles. The van der Waals surface area contributed by atoms with E-state index in [1.165, 1.54) is 25.7 Å². The van der Waals surface area contributed by atoms with Gasteiger partial charge in [-0.1, -0.05) is 12.8 Å². The number of nitrogens with zero attached hydrogens (tertiary/aromatic N) is 1. The fourth-order valence-corrected chi connectivity index (χ4v) is 2.77. The van der Waals surface area contributed by atoms with Crippen LogP contribution in [0.4, 0.5) is 4.79 Å². The van der Waals surface area contributed by atoms with Crippen molar-refractivity contribution in [2.24, 2.45) is 0 Å². The Morgan fingerprint density at radius 1 is 1.12 bits per heavy atom. The molecule has 0 aromatic carbocycles. The molecule has 2 rings (SSSR count). The van der Waals surface area contributed by atoms with Crippen molar-refractivity contribution < 1.29 is 14.6 Å². The highest BCUT2D eigenvalue weighted by Crippen LogP contribution is 2.26. The first-order chi connectivity index (χ1) is 7.25. The Morgan fingerprint density at radius 2 is 1.69 bits per heavy atom. The molecular weight excluding hydrogens is 230 g/mol. The van der Waals surface area contributed by atoms with Gasteiger partial charge in [-0.3, -0.25) is 0 Å². The molecule has 0 spiro atoms. The van der Waals surface area contributed by atoms with Crippen molar-refractivity contribution in [3.63, 3.8) is 0 Å². The second-order valence-corrected chi connectivity index (χ2v) is 4.56. The lowest BCUT2D eigenvalue weighted by atomic mass is 10.0. The predicted molar refractivity (Wildman–Crippen MR) is 63.2 cm³/mol. The zero-order chi connectivity index (χ0) is 10.7. The maximum atomic E-state index is 10.4. The molecule has 0 bridgehead atoms. The first-order valence-corrected chi connectivity index (χ1v) is 5.89. The average Bonchev–Trinajstić information content (AvgIpc) is 2.71. The van der Waals surface area contributed by atoms with E-state index < -0.39 is 6.16 Å². The van der Waals surface area contributed by atoms with Gasteiger partial charge in [0, 0.05) is 19.1 Å². The molecule has 1 saturated heterocycles. The highest BCUT2D eigenvalue weighted by molar-refractivity contribution is 5.85. The van der Waals surface area contributed by atoms with Gasteiger partial charge in [0.15, 0.2) is 0 Å². The van der Waals surface area contributed by atoms with Gasteiger partial charge in [-0.15, -0.1) is 12.4 Å². The van der Waals surface area contributed by atoms with Crippen LogP contribution in [-0.4, -0.2) is 41.4 Å². The van der Waals surface area contributed by atoms with Crippen LogP contribution in [0.1, 0.15) is 38.5 Å². The summed E-state index contributed by atoms with van der Waals surface area (Å²) >= 11 is 0. The number of carbonyl (C=O) groups is 1. The van der Waals surface area contributed by atoms with E-state index in [4.69, 9.17) is 9.84 Å². The van der Waals surface area contributed by atoms with Crippen LogP contribution in [0.25, 0.3) is 0 Å². The largest absolute Gasteiger partial charge is 0.506 e. The Balaban J connectivity index is 0.00000128. The smallest absolute Gasteiger partial charge is 0.450 e. The second-order valence-electron chi connectivity index (χ2n) is 4.56. The summed E-state index contributed by atoms with van der Waals surface area (Å²) < 4.78 is 4.79. The highest BCUT2D eigenvalue weighted by Gasteiger charge is 2.28. The summed E-state index contributed by atoms with van der Waals surface area (Å²) in [6.07, 6.45) is 5.89. The number of halogens is 1. The topological polar surface area (TPSA) is 49.8 Å². The number of carboxylic acid groups (broad SMARTS) is 1. The van der Waals surface area contributed by atoms with Gasteiger partial charge in [0.2, 0.25) is 0 Å². The molecule has 1 aliphatic carbocycles. The molecule has 0 aromatic heterocycles. The van der Waals surface area contributed by atoms with Crippen molar-refractivity contribution in [1.29, 1.82) is 0 Å². The number of piperidine rings is 1. The third kappa shape index (κ3) is 3.52. The lowest BCUT2D eigenvalue weighted by molar-refractivity contribution is 0.0122. The molecule has 1 saturated carbocycles. The molecule has 4 nitrogen and oxygen atoms in total. The SMILES string of the molecule is Cl.O=C(O)OC1CCN(C2CCCC2)CC1. The average molecular weight is 250 g/mol. The van der Waals surface area contributed by atoms with Gasteiger partial charge < -0.3 is 14.7 Å². The minimum atomic E-state index is -1.13. The fourth-order valence-electron chi connectivity index (χ4n) is 2.77. The van der Waals surface area contributed by atoms with Crippen molar-refractivity contribution in [3.8, 4) is 0 Å². The van der Waals surface area contributed by atoms with Gasteiger partial charge in [-0.2, -0.15) is 0 Å². The Morgan fingerprint density at radius 3 is 2.19 bits per heavy atom. The maximum Gasteiger partial charge on any atom is 0.506 e. The summed E-state index contributed by atoms with van der Waals surface area (Å²) in [6, 6.07) is 0.760. The van der Waals surface area contributed by atoms with E-state index in [1.54, 1.807) is 0 Å². The Hall–Kier alpha value is -0.480. The molecule has 2 fully saturated rings. The number of hydrogen-bond acceptors (Lipinski definition) is 3. The van der Waals surface area contributed by atoms with Gasteiger partial charge in [0.1, 0.15) is 6.10 Å². The van der Waals surface area contributed by atoms with Crippen LogP contribution in [-0.2, 0) is 4.74 Å². The molecule has 0 atom stereocenters. The third-order valence-electron chi connectivity index (χ3n) is 3.59. The fraction of sp³-hybridized carbons (Fsp3) is 0.909. The summed E-state index contributed by atoms with van der Waals surface area (Å²) in [5.74, 6) is 0. The molecule has 0 radical (unpaired) electrons. The number of hydrogen-bond donors (Lipinski definition) is 1. The first-order valence-electron chi connectivity index (χ1n) is 5.89. The molecule has 0 amide bonds. The molecule has 1 N–H and O–H groups in total. The summed E-state index contributed by atoms with van der Waals surface area (Å²) in [6.45, 7) is 2.01. The number of likely N-dealkylation sites (tertiary alicyclic amines) is 1. The molecule has 16 heavy (non-hydrogen) atoms. The molecule has 2 aliphatic rings.